The van der Waals surface area contributed by atoms with Crippen molar-refractivity contribution in [2.75, 3.05) is 0 Å². The Kier molecular flexibility index (Phi) is 2.30. The number of aromatic nitrogens is 1. The molecule has 3 aromatic rings. The van der Waals surface area contributed by atoms with Gasteiger partial charge in [-0.15, -0.1) is 0 Å². The smallest absolute Gasteiger partial charge is 0.119 e. The Morgan fingerprint density at radius 2 is 1.82 bits per heavy atom. The molecule has 0 radical (unpaired) electrons. The van der Waals surface area contributed by atoms with Gasteiger partial charge in [-0.05, 0) is 29.7 Å². The molecule has 1 aromatic heterocycles. The molecule has 2 aromatic carbocycles. The zero-order chi connectivity index (χ0) is 11.8. The van der Waals surface area contributed by atoms with Gasteiger partial charge in [0.2, 0.25) is 0 Å². The highest BCUT2D eigenvalue weighted by Crippen LogP contribution is 2.26. The Hall–Kier alpha value is -1.93. The van der Waals surface area contributed by atoms with E-state index in [1.807, 2.05) is 41.1 Å². The van der Waals surface area contributed by atoms with Gasteiger partial charge in [-0.1, -0.05) is 29.8 Å². The molecule has 1 N–H and O–H groups in total. The summed E-state index contributed by atoms with van der Waals surface area (Å²) >= 11 is 5.94. The van der Waals surface area contributed by atoms with E-state index >= 15 is 0 Å². The van der Waals surface area contributed by atoms with Crippen molar-refractivity contribution in [1.29, 1.82) is 0 Å². The molecule has 2 nitrogen and oxygen atoms in total. The SMILES string of the molecule is Oc1cc(Cl)cc(-n2ccc3ccccc32)c1. The molecule has 17 heavy (non-hydrogen) atoms. The largest absolute Gasteiger partial charge is 0.508 e. The van der Waals surface area contributed by atoms with Crippen molar-refractivity contribution >= 4 is 22.5 Å². The standard InChI is InChI=1S/C14H10ClNO/c15-11-7-12(9-13(17)8-11)16-6-5-10-3-1-2-4-14(10)16/h1-9,17H. The Balaban J connectivity index is 2.27. The fraction of sp³-hybridized carbons (Fsp3) is 0. The maximum absolute atomic E-state index is 9.57. The molecular formula is C14H10ClNO. The third-order valence-corrected chi connectivity index (χ3v) is 2.96. The van der Waals surface area contributed by atoms with E-state index in [9.17, 15) is 5.11 Å². The van der Waals surface area contributed by atoms with Crippen molar-refractivity contribution in [3.63, 3.8) is 0 Å². The van der Waals surface area contributed by atoms with Crippen LogP contribution in [-0.4, -0.2) is 9.67 Å². The van der Waals surface area contributed by atoms with E-state index in [-0.39, 0.29) is 5.75 Å². The second-order valence-corrected chi connectivity index (χ2v) is 4.35. The van der Waals surface area contributed by atoms with Gasteiger partial charge in [0, 0.05) is 17.3 Å². The lowest BCUT2D eigenvalue weighted by Gasteiger charge is -2.06. The van der Waals surface area contributed by atoms with Crippen LogP contribution in [0.5, 0.6) is 5.75 Å². The molecule has 0 atom stereocenters. The minimum Gasteiger partial charge on any atom is -0.508 e. The van der Waals surface area contributed by atoms with Crippen LogP contribution < -0.4 is 0 Å². The summed E-state index contributed by atoms with van der Waals surface area (Å²) in [5.41, 5.74) is 1.95. The first-order chi connectivity index (χ1) is 8.24. The highest BCUT2D eigenvalue weighted by atomic mass is 35.5. The van der Waals surface area contributed by atoms with E-state index in [4.69, 9.17) is 11.6 Å². The number of rotatable bonds is 1. The summed E-state index contributed by atoms with van der Waals surface area (Å²) in [4.78, 5) is 0. The van der Waals surface area contributed by atoms with Gasteiger partial charge in [0.1, 0.15) is 5.75 Å². The quantitative estimate of drug-likeness (QED) is 0.687. The van der Waals surface area contributed by atoms with Crippen LogP contribution in [0.4, 0.5) is 0 Å². The van der Waals surface area contributed by atoms with E-state index in [0.717, 1.165) is 16.6 Å². The van der Waals surface area contributed by atoms with Gasteiger partial charge >= 0.3 is 0 Å². The first-order valence-corrected chi connectivity index (χ1v) is 5.68. The van der Waals surface area contributed by atoms with Gasteiger partial charge < -0.3 is 9.67 Å². The number of halogens is 1. The number of fused-ring (bicyclic) bond motifs is 1. The van der Waals surface area contributed by atoms with Gasteiger partial charge in [0.25, 0.3) is 0 Å². The van der Waals surface area contributed by atoms with Gasteiger partial charge in [0.15, 0.2) is 0 Å². The molecule has 0 fully saturated rings. The topological polar surface area (TPSA) is 25.2 Å². The Bertz CT molecular complexity index is 667. The van der Waals surface area contributed by atoms with Gasteiger partial charge in [-0.3, -0.25) is 0 Å². The van der Waals surface area contributed by atoms with Gasteiger partial charge in [0.05, 0.1) is 11.2 Å². The van der Waals surface area contributed by atoms with Crippen LogP contribution in [0.1, 0.15) is 0 Å². The van der Waals surface area contributed by atoms with Crippen molar-refractivity contribution in [3.05, 3.63) is 59.8 Å². The summed E-state index contributed by atoms with van der Waals surface area (Å²) in [7, 11) is 0. The molecule has 0 unspecified atom stereocenters. The van der Waals surface area contributed by atoms with Crippen LogP contribution >= 0.6 is 11.6 Å². The molecule has 0 aliphatic carbocycles. The number of nitrogens with zero attached hydrogens (tertiary/aromatic N) is 1. The molecule has 3 heteroatoms. The maximum atomic E-state index is 9.57. The molecule has 0 bridgehead atoms. The molecule has 0 aliphatic rings. The number of hydrogen-bond acceptors (Lipinski definition) is 1. The van der Waals surface area contributed by atoms with Crippen LogP contribution in [0.3, 0.4) is 0 Å². The fourth-order valence-corrected chi connectivity index (χ4v) is 2.23. The second-order valence-electron chi connectivity index (χ2n) is 3.91. The average molecular weight is 244 g/mol. The first kappa shape index (κ1) is 10.2. The summed E-state index contributed by atoms with van der Waals surface area (Å²) in [5, 5.41) is 11.3. The fourth-order valence-electron chi connectivity index (χ4n) is 2.01. The molecule has 0 aliphatic heterocycles. The predicted molar refractivity (Wildman–Crippen MR) is 69.9 cm³/mol. The monoisotopic (exact) mass is 243 g/mol. The lowest BCUT2D eigenvalue weighted by Crippen LogP contribution is -1.91. The van der Waals surface area contributed by atoms with Crippen LogP contribution in [-0.2, 0) is 0 Å². The van der Waals surface area contributed by atoms with Crippen molar-refractivity contribution in [2.45, 2.75) is 0 Å². The third-order valence-electron chi connectivity index (χ3n) is 2.74. The highest BCUT2D eigenvalue weighted by molar-refractivity contribution is 6.30. The average Bonchev–Trinajstić information content (AvgIpc) is 2.71. The Morgan fingerprint density at radius 1 is 1.00 bits per heavy atom. The number of hydrogen-bond donors (Lipinski definition) is 1. The van der Waals surface area contributed by atoms with Crippen LogP contribution in [0.15, 0.2) is 54.7 Å². The van der Waals surface area contributed by atoms with Gasteiger partial charge in [-0.25, -0.2) is 0 Å². The first-order valence-electron chi connectivity index (χ1n) is 5.30. The van der Waals surface area contributed by atoms with E-state index < -0.39 is 0 Å². The molecule has 0 amide bonds. The normalized spacial score (nSPS) is 10.9. The second kappa shape index (κ2) is 3.82. The lowest BCUT2D eigenvalue weighted by molar-refractivity contribution is 0.475. The van der Waals surface area contributed by atoms with Crippen molar-refractivity contribution < 1.29 is 5.11 Å². The van der Waals surface area contributed by atoms with E-state index in [1.54, 1.807) is 6.07 Å². The summed E-state index contributed by atoms with van der Waals surface area (Å²) in [6.45, 7) is 0. The maximum Gasteiger partial charge on any atom is 0.119 e. The molecule has 0 saturated carbocycles. The summed E-state index contributed by atoms with van der Waals surface area (Å²) in [6.07, 6.45) is 1.97. The zero-order valence-electron chi connectivity index (χ0n) is 8.97. The summed E-state index contributed by atoms with van der Waals surface area (Å²) in [5.74, 6) is 0.172. The lowest BCUT2D eigenvalue weighted by atomic mass is 10.2. The minimum atomic E-state index is 0.172. The Labute approximate surface area is 104 Å². The third kappa shape index (κ3) is 1.77. The van der Waals surface area contributed by atoms with Crippen molar-refractivity contribution in [2.24, 2.45) is 0 Å². The minimum absolute atomic E-state index is 0.172. The number of phenolic OH excluding ortho intramolecular Hbond substituents is 1. The summed E-state index contributed by atoms with van der Waals surface area (Å²) in [6, 6.07) is 15.2. The van der Waals surface area contributed by atoms with Crippen LogP contribution in [0, 0.1) is 0 Å². The summed E-state index contributed by atoms with van der Waals surface area (Å²) < 4.78 is 2.00. The molecule has 3 rings (SSSR count). The van der Waals surface area contributed by atoms with E-state index in [1.165, 1.54) is 6.07 Å². The van der Waals surface area contributed by atoms with E-state index in [0.29, 0.717) is 5.02 Å². The van der Waals surface area contributed by atoms with E-state index in [2.05, 4.69) is 6.07 Å². The number of benzene rings is 2. The molecule has 84 valence electrons. The zero-order valence-corrected chi connectivity index (χ0v) is 9.72. The predicted octanol–water partition coefficient (Wildman–Crippen LogP) is 3.99. The van der Waals surface area contributed by atoms with Gasteiger partial charge in [-0.2, -0.15) is 0 Å². The number of para-hydroxylation sites is 1. The number of phenols is 1. The Morgan fingerprint density at radius 3 is 2.65 bits per heavy atom. The van der Waals surface area contributed by atoms with Crippen LogP contribution in [0.2, 0.25) is 5.02 Å². The van der Waals surface area contributed by atoms with Crippen LogP contribution in [0.25, 0.3) is 16.6 Å². The number of aromatic hydroxyl groups is 1. The molecule has 0 spiro atoms. The molecule has 1 heterocycles. The van der Waals surface area contributed by atoms with Crippen molar-refractivity contribution in [3.8, 4) is 11.4 Å². The molecular weight excluding hydrogens is 234 g/mol. The van der Waals surface area contributed by atoms with Crippen molar-refractivity contribution in [1.82, 2.24) is 4.57 Å². The highest BCUT2D eigenvalue weighted by Gasteiger charge is 2.04. The molecule has 0 saturated heterocycles.